The molecule has 0 aliphatic carbocycles. The predicted molar refractivity (Wildman–Crippen MR) is 115 cm³/mol. The molecule has 5 nitrogen and oxygen atoms in total. The fraction of sp³-hybridized carbons (Fsp3) is 0.136. The Balaban J connectivity index is 1.80. The Morgan fingerprint density at radius 2 is 1.80 bits per heavy atom. The van der Waals surface area contributed by atoms with Crippen molar-refractivity contribution < 1.29 is 18.4 Å². The first-order chi connectivity index (χ1) is 14.4. The number of hydrogen-bond acceptors (Lipinski definition) is 4. The van der Waals surface area contributed by atoms with E-state index in [0.717, 1.165) is 11.3 Å². The summed E-state index contributed by atoms with van der Waals surface area (Å²) >= 11 is 1.16. The van der Waals surface area contributed by atoms with Crippen LogP contribution in [0, 0.1) is 11.6 Å². The average Bonchev–Trinajstić information content (AvgIpc) is 3.18. The molecule has 0 saturated heterocycles. The van der Waals surface area contributed by atoms with Crippen molar-refractivity contribution in [3.05, 3.63) is 77.3 Å². The van der Waals surface area contributed by atoms with Gasteiger partial charge in [-0.2, -0.15) is 0 Å². The first kappa shape index (κ1) is 21.3. The number of thiazole rings is 1. The number of halogens is 2. The SMILES string of the molecule is CCN(C(=O)C=Cc1csc(N(C(C)=O)c2ccccc2F)n1)c1ccc(F)cc1. The predicted octanol–water partition coefficient (Wildman–Crippen LogP) is 5.17. The number of nitrogens with zero attached hydrogens (tertiary/aromatic N) is 3. The minimum atomic E-state index is -0.534. The monoisotopic (exact) mass is 427 g/mol. The lowest BCUT2D eigenvalue weighted by atomic mass is 10.2. The molecular weight excluding hydrogens is 408 g/mol. The molecule has 0 radical (unpaired) electrons. The van der Waals surface area contributed by atoms with Crippen LogP contribution in [-0.2, 0) is 9.59 Å². The Kier molecular flexibility index (Phi) is 6.68. The van der Waals surface area contributed by atoms with E-state index in [2.05, 4.69) is 4.98 Å². The smallest absolute Gasteiger partial charge is 0.251 e. The van der Waals surface area contributed by atoms with Crippen molar-refractivity contribution in [2.45, 2.75) is 13.8 Å². The van der Waals surface area contributed by atoms with Gasteiger partial charge in [0.25, 0.3) is 5.91 Å². The zero-order valence-corrected chi connectivity index (χ0v) is 17.2. The van der Waals surface area contributed by atoms with E-state index in [0.29, 0.717) is 23.1 Å². The van der Waals surface area contributed by atoms with Crippen LogP contribution in [0.3, 0.4) is 0 Å². The third-order valence-electron chi connectivity index (χ3n) is 4.23. The van der Waals surface area contributed by atoms with Gasteiger partial charge in [0.15, 0.2) is 5.13 Å². The lowest BCUT2D eigenvalue weighted by Gasteiger charge is -2.19. The Bertz CT molecular complexity index is 1080. The highest BCUT2D eigenvalue weighted by Gasteiger charge is 2.20. The van der Waals surface area contributed by atoms with Gasteiger partial charge in [-0.1, -0.05) is 12.1 Å². The van der Waals surface area contributed by atoms with Crippen LogP contribution < -0.4 is 9.80 Å². The molecule has 0 aliphatic heterocycles. The molecule has 154 valence electrons. The summed E-state index contributed by atoms with van der Waals surface area (Å²) in [6.07, 6.45) is 2.88. The topological polar surface area (TPSA) is 53.5 Å². The third kappa shape index (κ3) is 4.77. The highest BCUT2D eigenvalue weighted by Crippen LogP contribution is 2.31. The van der Waals surface area contributed by atoms with Crippen LogP contribution in [0.2, 0.25) is 0 Å². The van der Waals surface area contributed by atoms with Gasteiger partial charge in [-0.05, 0) is 49.4 Å². The molecule has 3 aromatic rings. The lowest BCUT2D eigenvalue weighted by molar-refractivity contribution is -0.116. The molecule has 8 heteroatoms. The summed E-state index contributed by atoms with van der Waals surface area (Å²) in [4.78, 5) is 31.7. The van der Waals surface area contributed by atoms with Gasteiger partial charge in [0.05, 0.1) is 11.4 Å². The number of anilines is 3. The average molecular weight is 427 g/mol. The van der Waals surface area contributed by atoms with E-state index in [9.17, 15) is 18.4 Å². The van der Waals surface area contributed by atoms with E-state index >= 15 is 0 Å². The van der Waals surface area contributed by atoms with E-state index in [-0.39, 0.29) is 23.3 Å². The van der Waals surface area contributed by atoms with E-state index in [1.807, 2.05) is 6.92 Å². The number of carbonyl (C=O) groups is 2. The Labute approximate surface area is 176 Å². The number of carbonyl (C=O) groups excluding carboxylic acids is 2. The first-order valence-corrected chi connectivity index (χ1v) is 10.0. The van der Waals surface area contributed by atoms with Gasteiger partial charge < -0.3 is 4.90 Å². The van der Waals surface area contributed by atoms with E-state index in [1.165, 1.54) is 65.3 Å². The van der Waals surface area contributed by atoms with Crippen LogP contribution in [0.4, 0.5) is 25.3 Å². The molecule has 1 heterocycles. The number of para-hydroxylation sites is 1. The Morgan fingerprint density at radius 1 is 1.10 bits per heavy atom. The second-order valence-electron chi connectivity index (χ2n) is 6.25. The molecule has 0 aliphatic rings. The zero-order chi connectivity index (χ0) is 21.7. The van der Waals surface area contributed by atoms with Crippen molar-refractivity contribution in [3.63, 3.8) is 0 Å². The van der Waals surface area contributed by atoms with Crippen molar-refractivity contribution in [3.8, 4) is 0 Å². The van der Waals surface area contributed by atoms with E-state index in [1.54, 1.807) is 17.5 Å². The number of benzene rings is 2. The van der Waals surface area contributed by atoms with E-state index in [4.69, 9.17) is 0 Å². The normalized spacial score (nSPS) is 10.9. The molecular formula is C22H19F2N3O2S. The molecule has 0 bridgehead atoms. The zero-order valence-electron chi connectivity index (χ0n) is 16.4. The van der Waals surface area contributed by atoms with Crippen molar-refractivity contribution in [1.29, 1.82) is 0 Å². The molecule has 0 N–H and O–H groups in total. The minimum absolute atomic E-state index is 0.111. The van der Waals surface area contributed by atoms with Gasteiger partial charge >= 0.3 is 0 Å². The van der Waals surface area contributed by atoms with Crippen LogP contribution in [0.25, 0.3) is 6.08 Å². The molecule has 30 heavy (non-hydrogen) atoms. The van der Waals surface area contributed by atoms with E-state index < -0.39 is 5.82 Å². The summed E-state index contributed by atoms with van der Waals surface area (Å²) < 4.78 is 27.3. The third-order valence-corrected chi connectivity index (χ3v) is 5.07. The number of hydrogen-bond donors (Lipinski definition) is 0. The molecule has 1 aromatic heterocycles. The Hall–Kier alpha value is -3.39. The molecule has 0 fully saturated rings. The summed E-state index contributed by atoms with van der Waals surface area (Å²) in [5, 5.41) is 1.97. The molecule has 0 unspecified atom stereocenters. The van der Waals surface area contributed by atoms with Gasteiger partial charge in [-0.3, -0.25) is 14.5 Å². The molecule has 3 rings (SSSR count). The largest absolute Gasteiger partial charge is 0.309 e. The van der Waals surface area contributed by atoms with Gasteiger partial charge in [0, 0.05) is 30.6 Å². The van der Waals surface area contributed by atoms with Crippen LogP contribution in [0.15, 0.2) is 60.0 Å². The second-order valence-corrected chi connectivity index (χ2v) is 7.09. The summed E-state index contributed by atoms with van der Waals surface area (Å²) in [6, 6.07) is 11.6. The summed E-state index contributed by atoms with van der Waals surface area (Å²) in [5.41, 5.74) is 1.15. The standard InChI is InChI=1S/C22H19F2N3O2S/c1-3-26(18-11-8-16(23)9-12-18)21(29)13-10-17-14-30-22(25-17)27(15(2)28)20-7-5-4-6-19(20)24/h4-14H,3H2,1-2H3. The van der Waals surface area contributed by atoms with Gasteiger partial charge in [-0.25, -0.2) is 13.8 Å². The summed E-state index contributed by atoms with van der Waals surface area (Å²) in [7, 11) is 0. The number of aromatic nitrogens is 1. The van der Waals surface area contributed by atoms with Crippen molar-refractivity contribution in [2.75, 3.05) is 16.3 Å². The fourth-order valence-electron chi connectivity index (χ4n) is 2.83. The summed E-state index contributed by atoms with van der Waals surface area (Å²) in [6.45, 7) is 3.55. The minimum Gasteiger partial charge on any atom is -0.309 e. The van der Waals surface area contributed by atoms with Crippen molar-refractivity contribution in [2.24, 2.45) is 0 Å². The molecule has 0 atom stereocenters. The number of amides is 2. The van der Waals surface area contributed by atoms with Gasteiger partial charge in [0.2, 0.25) is 5.91 Å². The van der Waals surface area contributed by atoms with Gasteiger partial charge in [-0.15, -0.1) is 11.3 Å². The maximum absolute atomic E-state index is 14.2. The van der Waals surface area contributed by atoms with Crippen LogP contribution >= 0.6 is 11.3 Å². The first-order valence-electron chi connectivity index (χ1n) is 9.16. The molecule has 2 aromatic carbocycles. The quantitative estimate of drug-likeness (QED) is 0.510. The van der Waals surface area contributed by atoms with Gasteiger partial charge in [0.1, 0.15) is 11.6 Å². The molecule has 2 amide bonds. The number of likely N-dealkylation sites (N-methyl/N-ethyl adjacent to an activating group) is 1. The second kappa shape index (κ2) is 9.41. The maximum Gasteiger partial charge on any atom is 0.251 e. The maximum atomic E-state index is 14.2. The van der Waals surface area contributed by atoms with Crippen LogP contribution in [0.1, 0.15) is 19.5 Å². The number of rotatable bonds is 6. The highest BCUT2D eigenvalue weighted by molar-refractivity contribution is 7.14. The lowest BCUT2D eigenvalue weighted by Crippen LogP contribution is -2.28. The highest BCUT2D eigenvalue weighted by atomic mass is 32.1. The van der Waals surface area contributed by atoms with Crippen LogP contribution in [0.5, 0.6) is 0 Å². The fourth-order valence-corrected chi connectivity index (χ4v) is 3.68. The summed E-state index contributed by atoms with van der Waals surface area (Å²) in [5.74, 6) is -1.59. The van der Waals surface area contributed by atoms with Crippen molar-refractivity contribution >= 4 is 45.7 Å². The van der Waals surface area contributed by atoms with Crippen molar-refractivity contribution in [1.82, 2.24) is 4.98 Å². The Morgan fingerprint density at radius 3 is 2.43 bits per heavy atom. The molecule has 0 spiro atoms. The van der Waals surface area contributed by atoms with Crippen LogP contribution in [-0.4, -0.2) is 23.3 Å². The molecule has 0 saturated carbocycles.